The standard InChI is InChI=1S/C15H22BrNO4/c1-10(8-15(18)19)7-13(17)11-3-4-14(12(16)9-11)21-6-5-20-2/h3-4,9-10,13H,5-8,17H2,1-2H3,(H,18,19). The topological polar surface area (TPSA) is 81.8 Å². The number of nitrogens with two attached hydrogens (primary N) is 1. The van der Waals surface area contributed by atoms with Gasteiger partial charge in [0.15, 0.2) is 0 Å². The molecule has 6 heteroatoms. The second-order valence-corrected chi connectivity index (χ2v) is 5.93. The third kappa shape index (κ3) is 6.46. The average Bonchev–Trinajstić information content (AvgIpc) is 2.39. The van der Waals surface area contributed by atoms with Crippen LogP contribution in [0.15, 0.2) is 22.7 Å². The van der Waals surface area contributed by atoms with E-state index in [1.807, 2.05) is 25.1 Å². The van der Waals surface area contributed by atoms with Crippen LogP contribution in [0.2, 0.25) is 0 Å². The first-order valence-electron chi connectivity index (χ1n) is 6.82. The van der Waals surface area contributed by atoms with Crippen LogP contribution in [0.4, 0.5) is 0 Å². The van der Waals surface area contributed by atoms with Gasteiger partial charge in [0, 0.05) is 19.6 Å². The molecule has 2 atom stereocenters. The molecule has 0 aliphatic carbocycles. The fourth-order valence-electron chi connectivity index (χ4n) is 2.05. The van der Waals surface area contributed by atoms with Gasteiger partial charge in [-0.15, -0.1) is 0 Å². The number of benzene rings is 1. The highest BCUT2D eigenvalue weighted by molar-refractivity contribution is 9.10. The molecule has 2 unspecified atom stereocenters. The maximum absolute atomic E-state index is 10.7. The lowest BCUT2D eigenvalue weighted by atomic mass is 9.94. The summed E-state index contributed by atoms with van der Waals surface area (Å²) in [7, 11) is 1.62. The van der Waals surface area contributed by atoms with Gasteiger partial charge in [-0.1, -0.05) is 13.0 Å². The first-order chi connectivity index (χ1) is 9.93. The predicted molar refractivity (Wildman–Crippen MR) is 84.5 cm³/mol. The van der Waals surface area contributed by atoms with Gasteiger partial charge in [-0.05, 0) is 46.0 Å². The SMILES string of the molecule is COCCOc1ccc(C(N)CC(C)CC(=O)O)cc1Br. The quantitative estimate of drug-likeness (QED) is 0.662. The first-order valence-corrected chi connectivity index (χ1v) is 7.62. The molecule has 0 bridgehead atoms. The molecule has 118 valence electrons. The molecule has 0 aromatic heterocycles. The molecule has 1 aromatic carbocycles. The summed E-state index contributed by atoms with van der Waals surface area (Å²) in [5.41, 5.74) is 7.09. The highest BCUT2D eigenvalue weighted by Gasteiger charge is 2.15. The van der Waals surface area contributed by atoms with Crippen molar-refractivity contribution < 1.29 is 19.4 Å². The van der Waals surface area contributed by atoms with Crippen molar-refractivity contribution in [1.29, 1.82) is 0 Å². The Hall–Kier alpha value is -1.11. The number of carboxylic acid groups (broad SMARTS) is 1. The number of carbonyl (C=O) groups is 1. The maximum Gasteiger partial charge on any atom is 0.303 e. The molecule has 3 N–H and O–H groups in total. The molecular weight excluding hydrogens is 338 g/mol. The summed E-state index contributed by atoms with van der Waals surface area (Å²) in [5.74, 6) is -0.0201. The number of methoxy groups -OCH3 is 1. The number of ether oxygens (including phenoxy) is 2. The van der Waals surface area contributed by atoms with Gasteiger partial charge < -0.3 is 20.3 Å². The molecule has 1 rings (SSSR count). The minimum Gasteiger partial charge on any atom is -0.490 e. The fourth-order valence-corrected chi connectivity index (χ4v) is 2.56. The van der Waals surface area contributed by atoms with Crippen LogP contribution in [0.1, 0.15) is 31.4 Å². The largest absolute Gasteiger partial charge is 0.490 e. The highest BCUT2D eigenvalue weighted by Crippen LogP contribution is 2.30. The predicted octanol–water partition coefficient (Wildman–Crippen LogP) is 2.98. The van der Waals surface area contributed by atoms with E-state index in [0.29, 0.717) is 19.6 Å². The molecule has 21 heavy (non-hydrogen) atoms. The summed E-state index contributed by atoms with van der Waals surface area (Å²) in [6.07, 6.45) is 0.760. The van der Waals surface area contributed by atoms with E-state index in [1.165, 1.54) is 0 Å². The van der Waals surface area contributed by atoms with Crippen LogP contribution < -0.4 is 10.5 Å². The van der Waals surface area contributed by atoms with Gasteiger partial charge in [-0.2, -0.15) is 0 Å². The number of aliphatic carboxylic acids is 1. The Balaban J connectivity index is 2.62. The average molecular weight is 360 g/mol. The fraction of sp³-hybridized carbons (Fsp3) is 0.533. The lowest BCUT2D eigenvalue weighted by molar-refractivity contribution is -0.138. The molecular formula is C15H22BrNO4. The molecule has 0 heterocycles. The minimum absolute atomic E-state index is 0.0360. The van der Waals surface area contributed by atoms with Crippen LogP contribution in [0.25, 0.3) is 0 Å². The van der Waals surface area contributed by atoms with E-state index in [1.54, 1.807) is 7.11 Å². The van der Waals surface area contributed by atoms with Crippen LogP contribution in [-0.4, -0.2) is 31.4 Å². The zero-order chi connectivity index (χ0) is 15.8. The van der Waals surface area contributed by atoms with Crippen LogP contribution >= 0.6 is 15.9 Å². The third-order valence-corrected chi connectivity index (χ3v) is 3.73. The van der Waals surface area contributed by atoms with E-state index in [2.05, 4.69) is 15.9 Å². The van der Waals surface area contributed by atoms with Crippen LogP contribution in [0, 0.1) is 5.92 Å². The highest BCUT2D eigenvalue weighted by atomic mass is 79.9. The number of hydrogen-bond acceptors (Lipinski definition) is 4. The lowest BCUT2D eigenvalue weighted by Crippen LogP contribution is -2.16. The van der Waals surface area contributed by atoms with Gasteiger partial charge in [0.05, 0.1) is 11.1 Å². The Kier molecular flexibility index (Phi) is 7.71. The second kappa shape index (κ2) is 9.02. The Morgan fingerprint density at radius 3 is 2.71 bits per heavy atom. The van der Waals surface area contributed by atoms with Crippen molar-refractivity contribution in [2.45, 2.75) is 25.8 Å². The van der Waals surface area contributed by atoms with Crippen molar-refractivity contribution in [2.24, 2.45) is 11.7 Å². The van der Waals surface area contributed by atoms with E-state index < -0.39 is 5.97 Å². The molecule has 5 nitrogen and oxygen atoms in total. The Labute approximate surface area is 133 Å². The van der Waals surface area contributed by atoms with E-state index >= 15 is 0 Å². The normalized spacial score (nSPS) is 13.7. The zero-order valence-electron chi connectivity index (χ0n) is 12.3. The van der Waals surface area contributed by atoms with Gasteiger partial charge in [0.1, 0.15) is 12.4 Å². The molecule has 0 amide bonds. The zero-order valence-corrected chi connectivity index (χ0v) is 13.9. The Bertz CT molecular complexity index is 467. The summed E-state index contributed by atoms with van der Waals surface area (Å²) < 4.78 is 11.3. The maximum atomic E-state index is 10.7. The van der Waals surface area contributed by atoms with Crippen molar-refractivity contribution in [2.75, 3.05) is 20.3 Å². The van der Waals surface area contributed by atoms with Crippen LogP contribution in [0.3, 0.4) is 0 Å². The smallest absolute Gasteiger partial charge is 0.303 e. The Morgan fingerprint density at radius 1 is 1.43 bits per heavy atom. The summed E-state index contributed by atoms with van der Waals surface area (Å²) >= 11 is 3.46. The van der Waals surface area contributed by atoms with E-state index in [4.69, 9.17) is 20.3 Å². The molecule has 0 radical (unpaired) electrons. The van der Waals surface area contributed by atoms with Crippen molar-refractivity contribution in [3.8, 4) is 5.75 Å². The van der Waals surface area contributed by atoms with Crippen LogP contribution in [0.5, 0.6) is 5.75 Å². The Morgan fingerprint density at radius 2 is 2.14 bits per heavy atom. The number of halogens is 1. The van der Waals surface area contributed by atoms with Gasteiger partial charge in [-0.25, -0.2) is 0 Å². The van der Waals surface area contributed by atoms with Crippen molar-refractivity contribution in [3.63, 3.8) is 0 Å². The molecule has 1 aromatic rings. The van der Waals surface area contributed by atoms with Gasteiger partial charge in [0.2, 0.25) is 0 Å². The number of carboxylic acids is 1. The number of rotatable bonds is 9. The summed E-state index contributed by atoms with van der Waals surface area (Å²) in [6.45, 7) is 2.90. The van der Waals surface area contributed by atoms with Crippen LogP contribution in [-0.2, 0) is 9.53 Å². The van der Waals surface area contributed by atoms with E-state index in [9.17, 15) is 4.79 Å². The molecule has 0 aliphatic rings. The molecule has 0 aliphatic heterocycles. The minimum atomic E-state index is -0.794. The number of hydrogen-bond donors (Lipinski definition) is 2. The van der Waals surface area contributed by atoms with Crippen molar-refractivity contribution >= 4 is 21.9 Å². The second-order valence-electron chi connectivity index (χ2n) is 5.08. The molecule has 0 fully saturated rings. The molecule has 0 spiro atoms. The van der Waals surface area contributed by atoms with E-state index in [-0.39, 0.29) is 18.4 Å². The summed E-state index contributed by atoms with van der Waals surface area (Å²) in [6, 6.07) is 5.49. The van der Waals surface area contributed by atoms with Gasteiger partial charge in [0.25, 0.3) is 0 Å². The third-order valence-electron chi connectivity index (χ3n) is 3.11. The lowest BCUT2D eigenvalue weighted by Gasteiger charge is -2.17. The van der Waals surface area contributed by atoms with E-state index in [0.717, 1.165) is 15.8 Å². The summed E-state index contributed by atoms with van der Waals surface area (Å²) in [5, 5.41) is 8.78. The van der Waals surface area contributed by atoms with Gasteiger partial charge in [-0.3, -0.25) is 4.79 Å². The molecule has 0 saturated heterocycles. The van der Waals surface area contributed by atoms with Crippen molar-refractivity contribution in [3.05, 3.63) is 28.2 Å². The van der Waals surface area contributed by atoms with Gasteiger partial charge >= 0.3 is 5.97 Å². The summed E-state index contributed by atoms with van der Waals surface area (Å²) in [4.78, 5) is 10.7. The first kappa shape index (κ1) is 17.9. The van der Waals surface area contributed by atoms with Crippen molar-refractivity contribution in [1.82, 2.24) is 0 Å². The monoisotopic (exact) mass is 359 g/mol. The molecule has 0 saturated carbocycles.